The van der Waals surface area contributed by atoms with E-state index < -0.39 is 13.9 Å². The van der Waals surface area contributed by atoms with Gasteiger partial charge in [-0.15, -0.1) is 0 Å². The molecule has 362 valence electrons. The minimum Gasteiger partial charge on any atom is -0.356 e. The third-order valence-corrected chi connectivity index (χ3v) is 12.2. The topological polar surface area (TPSA) is 134 Å². The molecule has 0 bridgehead atoms. The van der Waals surface area contributed by atoms with Crippen molar-refractivity contribution in [2.45, 2.75) is 148 Å². The van der Waals surface area contributed by atoms with Gasteiger partial charge in [-0.2, -0.15) is 0 Å². The van der Waals surface area contributed by atoms with E-state index in [9.17, 15) is 14.3 Å². The second-order valence-corrected chi connectivity index (χ2v) is 19.7. The molecule has 0 radical (unpaired) electrons. The van der Waals surface area contributed by atoms with Crippen molar-refractivity contribution in [3.63, 3.8) is 0 Å². The first-order chi connectivity index (χ1) is 30.4. The van der Waals surface area contributed by atoms with Gasteiger partial charge in [0.1, 0.15) is 32.8 Å². The Hall–Kier alpha value is -1.80. The first-order valence-electron chi connectivity index (χ1n) is 23.7. The Balaban J connectivity index is 1.56. The van der Waals surface area contributed by atoms with Crippen molar-refractivity contribution in [1.29, 1.82) is 0 Å². The van der Waals surface area contributed by atoms with Crippen LogP contribution in [0.1, 0.15) is 141 Å². The molecule has 0 saturated carbocycles. The maximum atomic E-state index is 12.7. The lowest BCUT2D eigenvalue weighted by atomic mass is 10.0. The van der Waals surface area contributed by atoms with Crippen LogP contribution in [0.2, 0.25) is 10.0 Å². The van der Waals surface area contributed by atoms with Gasteiger partial charge in [-0.1, -0.05) is 164 Å². The number of quaternary nitrogens is 1. The molecule has 2 aromatic carbocycles. The van der Waals surface area contributed by atoms with Gasteiger partial charge >= 0.3 is 7.82 Å². The molecule has 2 atom stereocenters. The maximum Gasteiger partial charge on any atom is 0.472 e. The molecule has 63 heavy (non-hydrogen) atoms. The highest BCUT2D eigenvalue weighted by Crippen LogP contribution is 2.43. The van der Waals surface area contributed by atoms with Crippen molar-refractivity contribution >= 4 is 48.3 Å². The van der Waals surface area contributed by atoms with E-state index in [4.69, 9.17) is 51.2 Å². The summed E-state index contributed by atoms with van der Waals surface area (Å²) in [4.78, 5) is 22.9. The lowest BCUT2D eigenvalue weighted by molar-refractivity contribution is -0.870. The number of ether oxygens (including phenoxy) is 4. The lowest BCUT2D eigenvalue weighted by Gasteiger charge is -2.24. The number of nitrogens with zero attached hydrogens (tertiary/aromatic N) is 1. The van der Waals surface area contributed by atoms with E-state index in [-0.39, 0.29) is 45.7 Å². The van der Waals surface area contributed by atoms with Crippen LogP contribution in [0.4, 0.5) is 11.4 Å². The number of carbonyl (C=O) groups is 1. The fourth-order valence-corrected chi connectivity index (χ4v) is 7.97. The average Bonchev–Trinajstić information content (AvgIpc) is 3.23. The van der Waals surface area contributed by atoms with E-state index in [0.717, 1.165) is 56.2 Å². The molecule has 15 heteroatoms. The van der Waals surface area contributed by atoms with Crippen LogP contribution in [0.25, 0.3) is 0 Å². The van der Waals surface area contributed by atoms with Gasteiger partial charge in [0, 0.05) is 25.4 Å². The van der Waals surface area contributed by atoms with Gasteiger partial charge in [0.25, 0.3) is 0 Å². The standard InChI is InChI=1S/C48H82Cl2N3O9P/c1-5-6-7-8-9-10-11-12-13-14-15-16-17-20-25-34-57-40-59-38-43(39-62-63(55,56)61-36-33-53(2,3)4)60-41-58-35-26-21-18-19-24-32-51-47(54)37-42-28-22-23-31-46(42)52-48-44(49)29-27-30-45(48)50/h22-23,27-31,43,52H,5-21,24-26,32-41H2,1-4H3,(H-,51,54,55,56)/p+1. The summed E-state index contributed by atoms with van der Waals surface area (Å²) in [7, 11) is 1.65. The van der Waals surface area contributed by atoms with Gasteiger partial charge in [0.05, 0.1) is 56.5 Å². The zero-order valence-corrected chi connectivity index (χ0v) is 41.6. The van der Waals surface area contributed by atoms with Crippen molar-refractivity contribution in [3.05, 3.63) is 58.1 Å². The molecule has 0 aromatic heterocycles. The van der Waals surface area contributed by atoms with E-state index in [2.05, 4.69) is 17.6 Å². The summed E-state index contributed by atoms with van der Waals surface area (Å²) in [5.41, 5.74) is 2.24. The normalized spacial score (nSPS) is 13.3. The number of benzene rings is 2. The third-order valence-electron chi connectivity index (χ3n) is 10.6. The minimum atomic E-state index is -4.27. The number of hydrogen-bond donors (Lipinski definition) is 3. The fourth-order valence-electron chi connectivity index (χ4n) is 6.74. The van der Waals surface area contributed by atoms with E-state index in [1.54, 1.807) is 18.2 Å². The number of nitrogens with one attached hydrogen (secondary N) is 2. The highest BCUT2D eigenvalue weighted by atomic mass is 35.5. The summed E-state index contributed by atoms with van der Waals surface area (Å²) < 4.78 is 46.5. The van der Waals surface area contributed by atoms with Gasteiger partial charge in [-0.25, -0.2) is 4.57 Å². The van der Waals surface area contributed by atoms with Gasteiger partial charge in [0.15, 0.2) is 0 Å². The predicted molar refractivity (Wildman–Crippen MR) is 258 cm³/mol. The first kappa shape index (κ1) is 57.3. The molecular weight excluding hydrogens is 864 g/mol. The molecule has 12 nitrogen and oxygen atoms in total. The van der Waals surface area contributed by atoms with Gasteiger partial charge in [-0.3, -0.25) is 13.8 Å². The molecule has 3 N–H and O–H groups in total. The van der Waals surface area contributed by atoms with Crippen LogP contribution in [-0.2, 0) is 43.8 Å². The van der Waals surface area contributed by atoms with Crippen LogP contribution in [0, 0.1) is 0 Å². The maximum absolute atomic E-state index is 12.7. The number of amides is 1. The number of halogens is 2. The Bertz CT molecular complexity index is 1480. The highest BCUT2D eigenvalue weighted by molar-refractivity contribution is 7.47. The SMILES string of the molecule is CCCCCCCCCCCCCCCCCOCOCC(COP(=O)(O)OCC[N+](C)(C)C)OCOCCCCCCCNC(=O)Cc1ccccc1Nc1c(Cl)cccc1Cl. The number of anilines is 2. The molecule has 0 aliphatic carbocycles. The number of phosphoric acid groups is 1. The zero-order chi connectivity index (χ0) is 45.9. The number of phosphoric ester groups is 1. The van der Waals surface area contributed by atoms with Crippen molar-refractivity contribution in [2.75, 3.05) is 86.2 Å². The van der Waals surface area contributed by atoms with E-state index in [1.807, 2.05) is 45.4 Å². The number of unbranched alkanes of at least 4 members (excludes halogenated alkanes) is 18. The number of rotatable bonds is 42. The van der Waals surface area contributed by atoms with Crippen LogP contribution >= 0.6 is 31.0 Å². The molecule has 0 aliphatic rings. The quantitative estimate of drug-likeness (QED) is 0.0256. The highest BCUT2D eigenvalue weighted by Gasteiger charge is 2.25. The van der Waals surface area contributed by atoms with Crippen LogP contribution in [0.5, 0.6) is 0 Å². The van der Waals surface area contributed by atoms with Crippen LogP contribution in [0.3, 0.4) is 0 Å². The summed E-state index contributed by atoms with van der Waals surface area (Å²) in [6.07, 6.45) is 24.0. The van der Waals surface area contributed by atoms with Crippen molar-refractivity contribution in [1.82, 2.24) is 5.32 Å². The van der Waals surface area contributed by atoms with Crippen molar-refractivity contribution in [3.8, 4) is 0 Å². The molecule has 0 heterocycles. The van der Waals surface area contributed by atoms with Gasteiger partial charge < -0.3 is 39.0 Å². The second kappa shape index (κ2) is 36.3. The third kappa shape index (κ3) is 31.7. The van der Waals surface area contributed by atoms with Crippen LogP contribution in [0.15, 0.2) is 42.5 Å². The zero-order valence-electron chi connectivity index (χ0n) is 39.2. The lowest BCUT2D eigenvalue weighted by Crippen LogP contribution is -2.37. The van der Waals surface area contributed by atoms with Crippen molar-refractivity contribution in [2.24, 2.45) is 0 Å². The monoisotopic (exact) mass is 947 g/mol. The van der Waals surface area contributed by atoms with E-state index in [1.165, 1.54) is 83.5 Å². The molecule has 2 unspecified atom stereocenters. The Kier molecular flexibility index (Phi) is 33.1. The Morgan fingerprint density at radius 2 is 1.21 bits per heavy atom. The van der Waals surface area contributed by atoms with E-state index >= 15 is 0 Å². The van der Waals surface area contributed by atoms with E-state index in [0.29, 0.717) is 46.5 Å². The molecule has 2 aromatic rings. The Morgan fingerprint density at radius 1 is 0.667 bits per heavy atom. The Morgan fingerprint density at radius 3 is 1.79 bits per heavy atom. The number of hydrogen-bond acceptors (Lipinski definition) is 9. The summed E-state index contributed by atoms with van der Waals surface area (Å²) in [6.45, 7) is 4.65. The summed E-state index contributed by atoms with van der Waals surface area (Å²) in [6, 6.07) is 12.9. The first-order valence-corrected chi connectivity index (χ1v) is 26.0. The molecule has 0 fully saturated rings. The Labute approximate surface area is 390 Å². The predicted octanol–water partition coefficient (Wildman–Crippen LogP) is 12.4. The van der Waals surface area contributed by atoms with Crippen LogP contribution in [-0.4, -0.2) is 102 Å². The largest absolute Gasteiger partial charge is 0.472 e. The van der Waals surface area contributed by atoms with Gasteiger partial charge in [-0.05, 0) is 43.0 Å². The molecule has 0 spiro atoms. The average molecular weight is 948 g/mol. The number of likely N-dealkylation sites (N-methyl/N-ethyl adjacent to an activating group) is 1. The summed E-state index contributed by atoms with van der Waals surface area (Å²) >= 11 is 12.7. The fraction of sp³-hybridized carbons (Fsp3) is 0.729. The second-order valence-electron chi connectivity index (χ2n) is 17.4. The number of carbonyl (C=O) groups excluding carboxylic acids is 1. The molecule has 0 saturated heterocycles. The molecule has 0 aliphatic heterocycles. The number of para-hydroxylation sites is 2. The molecular formula is C48H83Cl2N3O9P+. The summed E-state index contributed by atoms with van der Waals surface area (Å²) in [5.74, 6) is -0.0471. The minimum absolute atomic E-state index is 0.00837. The molecule has 2 rings (SSSR count). The smallest absolute Gasteiger partial charge is 0.356 e. The molecule has 1 amide bonds. The van der Waals surface area contributed by atoms with Gasteiger partial charge in [0.2, 0.25) is 5.91 Å². The van der Waals surface area contributed by atoms with Crippen LogP contribution < -0.4 is 10.6 Å². The summed E-state index contributed by atoms with van der Waals surface area (Å²) in [5, 5.41) is 7.32. The van der Waals surface area contributed by atoms with Crippen molar-refractivity contribution < 1.29 is 46.7 Å².